The first-order chi connectivity index (χ1) is 5.37. The summed E-state index contributed by atoms with van der Waals surface area (Å²) in [5.41, 5.74) is 0.912. The van der Waals surface area contributed by atoms with Crippen LogP contribution in [0.5, 0.6) is 0 Å². The summed E-state index contributed by atoms with van der Waals surface area (Å²) in [5.74, 6) is 1.16. The molecule has 1 unspecified atom stereocenters. The van der Waals surface area contributed by atoms with Gasteiger partial charge < -0.3 is 0 Å². The van der Waals surface area contributed by atoms with Crippen molar-refractivity contribution in [3.63, 3.8) is 0 Å². The van der Waals surface area contributed by atoms with Crippen molar-refractivity contribution in [2.24, 2.45) is 11.3 Å². The number of hydrogen-bond acceptors (Lipinski definition) is 0. The Kier molecular flexibility index (Phi) is 1.95. The summed E-state index contributed by atoms with van der Waals surface area (Å²) >= 11 is 0. The Bertz CT molecular complexity index is 131. The van der Waals surface area contributed by atoms with Crippen LogP contribution in [0.25, 0.3) is 0 Å². The van der Waals surface area contributed by atoms with Gasteiger partial charge >= 0.3 is 0 Å². The molecule has 0 radical (unpaired) electrons. The van der Waals surface area contributed by atoms with Crippen molar-refractivity contribution in [3.8, 4) is 0 Å². The van der Waals surface area contributed by atoms with Gasteiger partial charge in [-0.15, -0.1) is 0 Å². The number of rotatable bonds is 3. The molecule has 1 spiro atoms. The maximum atomic E-state index is 2.31. The van der Waals surface area contributed by atoms with Crippen LogP contribution >= 0.6 is 0 Å². The van der Waals surface area contributed by atoms with E-state index in [9.17, 15) is 0 Å². The fraction of sp³-hybridized carbons (Fsp3) is 1.00. The third-order valence-corrected chi connectivity index (χ3v) is 3.86. The Balaban J connectivity index is 1.75. The summed E-state index contributed by atoms with van der Waals surface area (Å²) < 4.78 is 0. The standard InChI is InChI=1S/C11H20/c1-2-3-6-10-9-11(10)7-4-5-8-11/h10H,2-9H2,1H3. The van der Waals surface area contributed by atoms with Crippen molar-refractivity contribution in [3.05, 3.63) is 0 Å². The molecule has 2 rings (SSSR count). The summed E-state index contributed by atoms with van der Waals surface area (Å²) in [5, 5.41) is 0. The molecule has 0 amide bonds. The predicted molar refractivity (Wildman–Crippen MR) is 48.5 cm³/mol. The summed E-state index contributed by atoms with van der Waals surface area (Å²) in [6, 6.07) is 0. The van der Waals surface area contributed by atoms with Crippen LogP contribution < -0.4 is 0 Å². The largest absolute Gasteiger partial charge is 0.0654 e. The highest BCUT2D eigenvalue weighted by atomic mass is 14.6. The van der Waals surface area contributed by atoms with Crippen LogP contribution in [-0.4, -0.2) is 0 Å². The van der Waals surface area contributed by atoms with E-state index in [0.717, 1.165) is 11.3 Å². The lowest BCUT2D eigenvalue weighted by atomic mass is 9.99. The first-order valence-electron chi connectivity index (χ1n) is 5.37. The molecule has 2 aliphatic carbocycles. The van der Waals surface area contributed by atoms with E-state index in [1.807, 2.05) is 0 Å². The molecular formula is C11H20. The molecule has 0 aromatic rings. The minimum absolute atomic E-state index is 0.912. The average Bonchev–Trinajstić information content (AvgIpc) is 2.41. The van der Waals surface area contributed by atoms with Crippen molar-refractivity contribution in [1.29, 1.82) is 0 Å². The summed E-state index contributed by atoms with van der Waals surface area (Å²) in [6.45, 7) is 2.31. The van der Waals surface area contributed by atoms with Crippen LogP contribution in [0.3, 0.4) is 0 Å². The topological polar surface area (TPSA) is 0 Å². The van der Waals surface area contributed by atoms with Crippen LogP contribution in [-0.2, 0) is 0 Å². The molecular weight excluding hydrogens is 132 g/mol. The van der Waals surface area contributed by atoms with Crippen LogP contribution in [0.4, 0.5) is 0 Å². The lowest BCUT2D eigenvalue weighted by Crippen LogP contribution is -1.95. The normalized spacial score (nSPS) is 33.0. The van der Waals surface area contributed by atoms with Crippen molar-refractivity contribution in [2.75, 3.05) is 0 Å². The lowest BCUT2D eigenvalue weighted by molar-refractivity contribution is 0.446. The highest BCUT2D eigenvalue weighted by molar-refractivity contribution is 5.04. The molecule has 2 saturated carbocycles. The van der Waals surface area contributed by atoms with E-state index in [0.29, 0.717) is 0 Å². The lowest BCUT2D eigenvalue weighted by Gasteiger charge is -2.06. The maximum absolute atomic E-state index is 2.31. The number of hydrogen-bond donors (Lipinski definition) is 0. The zero-order valence-corrected chi connectivity index (χ0v) is 7.73. The highest BCUT2D eigenvalue weighted by Gasteiger charge is 2.53. The molecule has 0 nitrogen and oxygen atoms in total. The van der Waals surface area contributed by atoms with Gasteiger partial charge in [0, 0.05) is 0 Å². The molecule has 0 aromatic carbocycles. The zero-order valence-electron chi connectivity index (χ0n) is 7.73. The molecule has 64 valence electrons. The molecule has 2 fully saturated rings. The fourth-order valence-corrected chi connectivity index (χ4v) is 2.98. The Hall–Kier alpha value is 0. The highest BCUT2D eigenvalue weighted by Crippen LogP contribution is 2.64. The van der Waals surface area contributed by atoms with Gasteiger partial charge in [0.15, 0.2) is 0 Å². The Morgan fingerprint density at radius 1 is 1.27 bits per heavy atom. The second kappa shape index (κ2) is 2.80. The second-order valence-corrected chi connectivity index (χ2v) is 4.61. The molecule has 0 aromatic heterocycles. The Morgan fingerprint density at radius 3 is 2.64 bits per heavy atom. The molecule has 0 heterocycles. The maximum Gasteiger partial charge on any atom is -0.0266 e. The van der Waals surface area contributed by atoms with Crippen LogP contribution in [0, 0.1) is 11.3 Å². The van der Waals surface area contributed by atoms with E-state index in [1.54, 1.807) is 19.3 Å². The van der Waals surface area contributed by atoms with Crippen LogP contribution in [0.2, 0.25) is 0 Å². The summed E-state index contributed by atoms with van der Waals surface area (Å²) in [6.07, 6.45) is 12.2. The summed E-state index contributed by atoms with van der Waals surface area (Å²) in [7, 11) is 0. The SMILES string of the molecule is CCCCC1CC12CCCC2. The van der Waals surface area contributed by atoms with Crippen molar-refractivity contribution in [2.45, 2.75) is 58.3 Å². The van der Waals surface area contributed by atoms with E-state index in [2.05, 4.69) is 6.92 Å². The predicted octanol–water partition coefficient (Wildman–Crippen LogP) is 3.76. The molecule has 0 heteroatoms. The van der Waals surface area contributed by atoms with E-state index in [-0.39, 0.29) is 0 Å². The van der Waals surface area contributed by atoms with Gasteiger partial charge in [-0.2, -0.15) is 0 Å². The quantitative estimate of drug-likeness (QED) is 0.577. The minimum Gasteiger partial charge on any atom is -0.0654 e. The second-order valence-electron chi connectivity index (χ2n) is 4.61. The minimum atomic E-state index is 0.912. The third kappa shape index (κ3) is 1.32. The van der Waals surface area contributed by atoms with Gasteiger partial charge in [-0.3, -0.25) is 0 Å². The van der Waals surface area contributed by atoms with Crippen LogP contribution in [0.15, 0.2) is 0 Å². The molecule has 0 aliphatic heterocycles. The van der Waals surface area contributed by atoms with Crippen LogP contribution in [0.1, 0.15) is 58.3 Å². The average molecular weight is 152 g/mol. The zero-order chi connectivity index (χ0) is 7.73. The van der Waals surface area contributed by atoms with Gasteiger partial charge in [-0.1, -0.05) is 32.6 Å². The van der Waals surface area contributed by atoms with E-state index < -0.39 is 0 Å². The summed E-state index contributed by atoms with van der Waals surface area (Å²) in [4.78, 5) is 0. The first kappa shape index (κ1) is 7.64. The third-order valence-electron chi connectivity index (χ3n) is 3.86. The van der Waals surface area contributed by atoms with Gasteiger partial charge in [0.2, 0.25) is 0 Å². The van der Waals surface area contributed by atoms with Crippen molar-refractivity contribution < 1.29 is 0 Å². The van der Waals surface area contributed by atoms with Gasteiger partial charge in [-0.05, 0) is 37.0 Å². The van der Waals surface area contributed by atoms with Crippen molar-refractivity contribution >= 4 is 0 Å². The molecule has 11 heavy (non-hydrogen) atoms. The fourth-order valence-electron chi connectivity index (χ4n) is 2.98. The smallest absolute Gasteiger partial charge is 0.0266 e. The van der Waals surface area contributed by atoms with Gasteiger partial charge in [0.05, 0.1) is 0 Å². The molecule has 2 aliphatic rings. The Labute approximate surface area is 70.4 Å². The molecule has 0 bridgehead atoms. The molecule has 0 N–H and O–H groups in total. The van der Waals surface area contributed by atoms with Gasteiger partial charge in [-0.25, -0.2) is 0 Å². The monoisotopic (exact) mass is 152 g/mol. The van der Waals surface area contributed by atoms with Crippen molar-refractivity contribution in [1.82, 2.24) is 0 Å². The first-order valence-corrected chi connectivity index (χ1v) is 5.37. The molecule has 0 saturated heterocycles. The Morgan fingerprint density at radius 2 is 2.00 bits per heavy atom. The van der Waals surface area contributed by atoms with E-state index in [1.165, 1.54) is 32.1 Å². The van der Waals surface area contributed by atoms with Gasteiger partial charge in [0.1, 0.15) is 0 Å². The van der Waals surface area contributed by atoms with Gasteiger partial charge in [0.25, 0.3) is 0 Å². The number of unbranched alkanes of at least 4 members (excludes halogenated alkanes) is 1. The van der Waals surface area contributed by atoms with E-state index >= 15 is 0 Å². The van der Waals surface area contributed by atoms with E-state index in [4.69, 9.17) is 0 Å². The molecule has 1 atom stereocenters.